The molecule has 2 aromatic carbocycles. The fraction of sp³-hybridized carbons (Fsp3) is 0.133. The highest BCUT2D eigenvalue weighted by atomic mass is 16.3. The van der Waals surface area contributed by atoms with Gasteiger partial charge in [-0.05, 0) is 11.1 Å². The Labute approximate surface area is 106 Å². The van der Waals surface area contributed by atoms with E-state index in [1.807, 2.05) is 36.4 Å². The first-order valence-electron chi connectivity index (χ1n) is 5.73. The van der Waals surface area contributed by atoms with E-state index in [0.717, 1.165) is 0 Å². The van der Waals surface area contributed by atoms with E-state index in [1.165, 1.54) is 0 Å². The Bertz CT molecular complexity index is 483. The van der Waals surface area contributed by atoms with Crippen molar-refractivity contribution in [3.8, 4) is 0 Å². The lowest BCUT2D eigenvalue weighted by Gasteiger charge is -2.29. The van der Waals surface area contributed by atoms with Crippen LogP contribution in [0.2, 0.25) is 0 Å². The molecule has 0 spiro atoms. The molecule has 3 N–H and O–H groups in total. The summed E-state index contributed by atoms with van der Waals surface area (Å²) in [5.41, 5.74) is 5.77. The molecule has 0 radical (unpaired) electrons. The summed E-state index contributed by atoms with van der Waals surface area (Å²) in [6.07, 6.45) is 0. The van der Waals surface area contributed by atoms with Crippen LogP contribution in [0, 0.1) is 0 Å². The summed E-state index contributed by atoms with van der Waals surface area (Å²) in [5, 5.41) is 9.75. The number of carbonyl (C=O) groups excluding carboxylic acids is 1. The fourth-order valence-electron chi connectivity index (χ4n) is 2.16. The van der Waals surface area contributed by atoms with E-state index in [0.29, 0.717) is 11.1 Å². The monoisotopic (exact) mass is 241 g/mol. The molecule has 0 aliphatic carbocycles. The molecule has 0 saturated carbocycles. The van der Waals surface area contributed by atoms with Crippen LogP contribution in [0.25, 0.3) is 0 Å². The lowest BCUT2D eigenvalue weighted by molar-refractivity contribution is -0.123. The van der Waals surface area contributed by atoms with E-state index in [2.05, 4.69) is 0 Å². The molecule has 0 aliphatic rings. The maximum Gasteiger partial charge on any atom is 0.234 e. The number of aliphatic hydroxyl groups is 1. The summed E-state index contributed by atoms with van der Waals surface area (Å²) in [5.74, 6) is -0.553. The Morgan fingerprint density at radius 1 is 0.944 bits per heavy atom. The maximum atomic E-state index is 11.9. The van der Waals surface area contributed by atoms with E-state index < -0.39 is 11.3 Å². The fourth-order valence-corrected chi connectivity index (χ4v) is 2.16. The minimum Gasteiger partial charge on any atom is -0.395 e. The van der Waals surface area contributed by atoms with Crippen LogP contribution < -0.4 is 5.73 Å². The van der Waals surface area contributed by atoms with Gasteiger partial charge in [0.1, 0.15) is 5.41 Å². The Balaban J connectivity index is 2.65. The van der Waals surface area contributed by atoms with Crippen molar-refractivity contribution in [3.63, 3.8) is 0 Å². The molecular weight excluding hydrogens is 226 g/mol. The number of rotatable bonds is 4. The van der Waals surface area contributed by atoms with Crippen molar-refractivity contribution in [1.29, 1.82) is 0 Å². The lowest BCUT2D eigenvalue weighted by Crippen LogP contribution is -2.45. The summed E-state index contributed by atoms with van der Waals surface area (Å²) in [7, 11) is 0. The van der Waals surface area contributed by atoms with Gasteiger partial charge in [0, 0.05) is 0 Å². The Hall–Kier alpha value is -2.13. The van der Waals surface area contributed by atoms with Gasteiger partial charge in [0.05, 0.1) is 6.61 Å². The zero-order chi connectivity index (χ0) is 13.0. The first-order chi connectivity index (χ1) is 8.71. The third-order valence-corrected chi connectivity index (χ3v) is 3.19. The number of carbonyl (C=O) groups is 1. The van der Waals surface area contributed by atoms with Crippen LogP contribution in [-0.4, -0.2) is 17.6 Å². The summed E-state index contributed by atoms with van der Waals surface area (Å²) < 4.78 is 0. The summed E-state index contributed by atoms with van der Waals surface area (Å²) in [6, 6.07) is 18.2. The van der Waals surface area contributed by atoms with Gasteiger partial charge in [0.25, 0.3) is 0 Å². The largest absolute Gasteiger partial charge is 0.395 e. The van der Waals surface area contributed by atoms with Crippen LogP contribution in [0.3, 0.4) is 0 Å². The van der Waals surface area contributed by atoms with Gasteiger partial charge in [-0.1, -0.05) is 60.7 Å². The van der Waals surface area contributed by atoms with Gasteiger partial charge in [-0.15, -0.1) is 0 Å². The van der Waals surface area contributed by atoms with Crippen molar-refractivity contribution >= 4 is 5.91 Å². The second-order valence-electron chi connectivity index (χ2n) is 4.16. The average molecular weight is 241 g/mol. The molecule has 0 aliphatic heterocycles. The highest BCUT2D eigenvalue weighted by Crippen LogP contribution is 2.31. The normalized spacial score (nSPS) is 11.2. The van der Waals surface area contributed by atoms with Gasteiger partial charge in [0.2, 0.25) is 5.91 Å². The van der Waals surface area contributed by atoms with Gasteiger partial charge < -0.3 is 10.8 Å². The molecule has 0 saturated heterocycles. The molecule has 1 amide bonds. The van der Waals surface area contributed by atoms with Crippen LogP contribution in [0.15, 0.2) is 60.7 Å². The first-order valence-corrected chi connectivity index (χ1v) is 5.73. The number of hydrogen-bond donors (Lipinski definition) is 2. The molecule has 2 aromatic rings. The van der Waals surface area contributed by atoms with Gasteiger partial charge >= 0.3 is 0 Å². The Morgan fingerprint density at radius 3 is 1.61 bits per heavy atom. The van der Waals surface area contributed by atoms with E-state index in [9.17, 15) is 9.90 Å². The highest BCUT2D eigenvalue weighted by molar-refractivity contribution is 5.91. The predicted octanol–water partition coefficient (Wildman–Crippen LogP) is 1.45. The van der Waals surface area contributed by atoms with E-state index in [4.69, 9.17) is 5.73 Å². The standard InChI is InChI=1S/C15H15NO2/c16-14(18)15(11-17,12-7-3-1-4-8-12)13-9-5-2-6-10-13/h1-10,17H,11H2,(H2,16,18). The number of hydrogen-bond acceptors (Lipinski definition) is 2. The molecule has 0 atom stereocenters. The van der Waals surface area contributed by atoms with Crippen LogP contribution in [0.1, 0.15) is 11.1 Å². The topological polar surface area (TPSA) is 63.3 Å². The van der Waals surface area contributed by atoms with Crippen LogP contribution >= 0.6 is 0 Å². The second-order valence-corrected chi connectivity index (χ2v) is 4.16. The van der Waals surface area contributed by atoms with Gasteiger partial charge in [-0.25, -0.2) is 0 Å². The molecular formula is C15H15NO2. The summed E-state index contributed by atoms with van der Waals surface area (Å²) in [4.78, 5) is 11.9. The molecule has 0 aromatic heterocycles. The van der Waals surface area contributed by atoms with Crippen LogP contribution in [0.4, 0.5) is 0 Å². The lowest BCUT2D eigenvalue weighted by atomic mass is 9.74. The number of amides is 1. The number of primary amides is 1. The Morgan fingerprint density at radius 2 is 1.33 bits per heavy atom. The summed E-state index contributed by atoms with van der Waals surface area (Å²) in [6.45, 7) is -0.351. The van der Waals surface area contributed by atoms with Crippen molar-refractivity contribution in [3.05, 3.63) is 71.8 Å². The molecule has 92 valence electrons. The zero-order valence-electron chi connectivity index (χ0n) is 9.91. The van der Waals surface area contributed by atoms with Gasteiger partial charge in [-0.2, -0.15) is 0 Å². The predicted molar refractivity (Wildman–Crippen MR) is 69.9 cm³/mol. The van der Waals surface area contributed by atoms with E-state index >= 15 is 0 Å². The van der Waals surface area contributed by atoms with Gasteiger partial charge in [-0.3, -0.25) is 4.79 Å². The smallest absolute Gasteiger partial charge is 0.234 e. The van der Waals surface area contributed by atoms with Crippen LogP contribution in [-0.2, 0) is 10.2 Å². The van der Waals surface area contributed by atoms with Gasteiger partial charge in [0.15, 0.2) is 0 Å². The molecule has 3 heteroatoms. The minimum atomic E-state index is -1.18. The minimum absolute atomic E-state index is 0.351. The third kappa shape index (κ3) is 1.89. The highest BCUT2D eigenvalue weighted by Gasteiger charge is 2.39. The van der Waals surface area contributed by atoms with E-state index in [1.54, 1.807) is 24.3 Å². The molecule has 0 fully saturated rings. The molecule has 0 unspecified atom stereocenters. The van der Waals surface area contributed by atoms with Crippen molar-refractivity contribution in [2.24, 2.45) is 5.73 Å². The van der Waals surface area contributed by atoms with Crippen molar-refractivity contribution in [2.75, 3.05) is 6.61 Å². The number of nitrogens with two attached hydrogens (primary N) is 1. The molecule has 0 bridgehead atoms. The molecule has 0 heterocycles. The van der Waals surface area contributed by atoms with Crippen molar-refractivity contribution in [1.82, 2.24) is 0 Å². The Kier molecular flexibility index (Phi) is 3.44. The molecule has 2 rings (SSSR count). The average Bonchev–Trinajstić information content (AvgIpc) is 2.42. The third-order valence-electron chi connectivity index (χ3n) is 3.19. The molecule has 18 heavy (non-hydrogen) atoms. The van der Waals surface area contributed by atoms with E-state index in [-0.39, 0.29) is 6.61 Å². The molecule has 3 nitrogen and oxygen atoms in total. The quantitative estimate of drug-likeness (QED) is 0.851. The second kappa shape index (κ2) is 5.02. The SMILES string of the molecule is NC(=O)C(CO)(c1ccccc1)c1ccccc1. The zero-order valence-corrected chi connectivity index (χ0v) is 9.91. The van der Waals surface area contributed by atoms with Crippen molar-refractivity contribution < 1.29 is 9.90 Å². The van der Waals surface area contributed by atoms with Crippen LogP contribution in [0.5, 0.6) is 0 Å². The number of aliphatic hydroxyl groups excluding tert-OH is 1. The van der Waals surface area contributed by atoms with Crippen molar-refractivity contribution in [2.45, 2.75) is 5.41 Å². The maximum absolute atomic E-state index is 11.9. The number of benzene rings is 2. The first kappa shape index (κ1) is 12.3. The summed E-state index contributed by atoms with van der Waals surface area (Å²) >= 11 is 0.